The van der Waals surface area contributed by atoms with Gasteiger partial charge in [-0.1, -0.05) is 18.6 Å². The summed E-state index contributed by atoms with van der Waals surface area (Å²) in [5, 5.41) is 2.21. The van der Waals surface area contributed by atoms with Crippen molar-refractivity contribution < 1.29 is 18.8 Å². The molecule has 0 bridgehead atoms. The molecule has 1 unspecified atom stereocenters. The van der Waals surface area contributed by atoms with Gasteiger partial charge in [-0.05, 0) is 36.5 Å². The van der Waals surface area contributed by atoms with Gasteiger partial charge in [0.2, 0.25) is 11.8 Å². The first-order valence-corrected chi connectivity index (χ1v) is 6.98. The SMILES string of the molecule is O=C1NC(=O)N(CC2CCC2)C(=O)C1c1ccc(F)cc1. The van der Waals surface area contributed by atoms with Crippen molar-refractivity contribution in [2.24, 2.45) is 5.92 Å². The predicted octanol–water partition coefficient (Wildman–Crippen LogP) is 1.79. The Bertz CT molecular complexity index is 595. The second kappa shape index (κ2) is 5.27. The molecule has 1 saturated carbocycles. The van der Waals surface area contributed by atoms with Gasteiger partial charge in [0, 0.05) is 6.54 Å². The quantitative estimate of drug-likeness (QED) is 0.863. The average Bonchev–Trinajstić information content (AvgIpc) is 2.38. The highest BCUT2D eigenvalue weighted by Gasteiger charge is 2.42. The second-order valence-electron chi connectivity index (χ2n) is 5.52. The van der Waals surface area contributed by atoms with Crippen LogP contribution in [-0.4, -0.2) is 29.3 Å². The van der Waals surface area contributed by atoms with Crippen LogP contribution in [0.2, 0.25) is 0 Å². The molecule has 1 N–H and O–H groups in total. The van der Waals surface area contributed by atoms with E-state index < -0.39 is 29.6 Å². The molecule has 1 aromatic rings. The molecular formula is C15H15FN2O3. The van der Waals surface area contributed by atoms with E-state index >= 15 is 0 Å². The van der Waals surface area contributed by atoms with Crippen LogP contribution in [0.1, 0.15) is 30.7 Å². The van der Waals surface area contributed by atoms with Crippen LogP contribution in [-0.2, 0) is 9.59 Å². The van der Waals surface area contributed by atoms with Gasteiger partial charge in [0.05, 0.1) is 0 Å². The number of hydrogen-bond donors (Lipinski definition) is 1. The molecule has 3 rings (SSSR count). The summed E-state index contributed by atoms with van der Waals surface area (Å²) in [4.78, 5) is 37.3. The van der Waals surface area contributed by atoms with Gasteiger partial charge in [-0.2, -0.15) is 0 Å². The van der Waals surface area contributed by atoms with Crippen LogP contribution < -0.4 is 5.32 Å². The van der Waals surface area contributed by atoms with E-state index in [1.807, 2.05) is 0 Å². The average molecular weight is 290 g/mol. The lowest BCUT2D eigenvalue weighted by Crippen LogP contribution is -2.58. The van der Waals surface area contributed by atoms with E-state index in [2.05, 4.69) is 5.32 Å². The minimum Gasteiger partial charge on any atom is -0.277 e. The van der Waals surface area contributed by atoms with Gasteiger partial charge < -0.3 is 0 Å². The third-order valence-corrected chi connectivity index (χ3v) is 4.12. The molecule has 1 aliphatic carbocycles. The highest BCUT2D eigenvalue weighted by Crippen LogP contribution is 2.30. The third kappa shape index (κ3) is 2.53. The Morgan fingerprint density at radius 1 is 1.14 bits per heavy atom. The number of carbonyl (C=O) groups is 3. The summed E-state index contributed by atoms with van der Waals surface area (Å²) < 4.78 is 13.0. The number of nitrogens with one attached hydrogen (secondary N) is 1. The molecule has 1 atom stereocenters. The van der Waals surface area contributed by atoms with Crippen molar-refractivity contribution in [1.82, 2.24) is 10.2 Å². The third-order valence-electron chi connectivity index (χ3n) is 4.12. The van der Waals surface area contributed by atoms with Crippen LogP contribution in [0.5, 0.6) is 0 Å². The molecule has 0 aromatic heterocycles. The zero-order valence-electron chi connectivity index (χ0n) is 11.3. The molecule has 1 aromatic carbocycles. The number of amides is 4. The van der Waals surface area contributed by atoms with Crippen molar-refractivity contribution in [3.8, 4) is 0 Å². The van der Waals surface area contributed by atoms with Gasteiger partial charge in [0.15, 0.2) is 0 Å². The first-order valence-electron chi connectivity index (χ1n) is 6.98. The summed E-state index contributed by atoms with van der Waals surface area (Å²) in [5.41, 5.74) is 0.394. The summed E-state index contributed by atoms with van der Waals surface area (Å²) in [6.07, 6.45) is 3.09. The van der Waals surface area contributed by atoms with E-state index in [-0.39, 0.29) is 0 Å². The molecule has 0 radical (unpaired) electrons. The molecule has 1 heterocycles. The first-order chi connectivity index (χ1) is 10.1. The molecule has 0 spiro atoms. The minimum absolute atomic E-state index is 0.321. The van der Waals surface area contributed by atoms with Crippen molar-refractivity contribution in [2.45, 2.75) is 25.2 Å². The normalized spacial score (nSPS) is 23.0. The van der Waals surface area contributed by atoms with Crippen LogP contribution >= 0.6 is 0 Å². The van der Waals surface area contributed by atoms with Crippen LogP contribution in [0.15, 0.2) is 24.3 Å². The number of carbonyl (C=O) groups excluding carboxylic acids is 3. The highest BCUT2D eigenvalue weighted by molar-refractivity contribution is 6.19. The molecular weight excluding hydrogens is 275 g/mol. The van der Waals surface area contributed by atoms with Crippen molar-refractivity contribution in [3.05, 3.63) is 35.6 Å². The maximum atomic E-state index is 13.0. The molecule has 2 aliphatic rings. The Balaban J connectivity index is 1.84. The molecule has 6 heteroatoms. The highest BCUT2D eigenvalue weighted by atomic mass is 19.1. The smallest absolute Gasteiger partial charge is 0.277 e. The summed E-state index contributed by atoms with van der Waals surface area (Å²) in [6, 6.07) is 4.53. The minimum atomic E-state index is -1.08. The Labute approximate surface area is 121 Å². The van der Waals surface area contributed by atoms with E-state index in [4.69, 9.17) is 0 Å². The number of barbiturate groups is 1. The van der Waals surface area contributed by atoms with E-state index in [1.165, 1.54) is 24.3 Å². The summed E-state index contributed by atoms with van der Waals surface area (Å²) in [5.74, 6) is -2.38. The number of urea groups is 1. The van der Waals surface area contributed by atoms with Crippen molar-refractivity contribution >= 4 is 17.8 Å². The lowest BCUT2D eigenvalue weighted by atomic mass is 9.84. The van der Waals surface area contributed by atoms with Crippen LogP contribution in [0.4, 0.5) is 9.18 Å². The largest absolute Gasteiger partial charge is 0.330 e. The lowest BCUT2D eigenvalue weighted by molar-refractivity contribution is -0.139. The second-order valence-corrected chi connectivity index (χ2v) is 5.52. The molecule has 21 heavy (non-hydrogen) atoms. The number of hydrogen-bond acceptors (Lipinski definition) is 3. The van der Waals surface area contributed by atoms with Crippen molar-refractivity contribution in [2.75, 3.05) is 6.54 Å². The zero-order chi connectivity index (χ0) is 15.0. The molecule has 1 aliphatic heterocycles. The molecule has 5 nitrogen and oxygen atoms in total. The van der Waals surface area contributed by atoms with Gasteiger partial charge in [0.25, 0.3) is 0 Å². The fourth-order valence-corrected chi connectivity index (χ4v) is 2.67. The maximum Gasteiger partial charge on any atom is 0.330 e. The molecule has 110 valence electrons. The van der Waals surface area contributed by atoms with Crippen LogP contribution in [0.25, 0.3) is 0 Å². The van der Waals surface area contributed by atoms with Gasteiger partial charge in [-0.3, -0.25) is 19.8 Å². The predicted molar refractivity (Wildman–Crippen MR) is 71.7 cm³/mol. The number of rotatable bonds is 3. The fraction of sp³-hybridized carbons (Fsp3) is 0.400. The fourth-order valence-electron chi connectivity index (χ4n) is 2.67. The molecule has 2 fully saturated rings. The van der Waals surface area contributed by atoms with Crippen LogP contribution in [0, 0.1) is 11.7 Å². The zero-order valence-corrected chi connectivity index (χ0v) is 11.3. The number of imide groups is 2. The van der Waals surface area contributed by atoms with Crippen molar-refractivity contribution in [1.29, 1.82) is 0 Å². The monoisotopic (exact) mass is 290 g/mol. The first kappa shape index (κ1) is 13.7. The van der Waals surface area contributed by atoms with Crippen molar-refractivity contribution in [3.63, 3.8) is 0 Å². The Morgan fingerprint density at radius 3 is 2.38 bits per heavy atom. The number of nitrogens with zero attached hydrogens (tertiary/aromatic N) is 1. The number of benzene rings is 1. The molecule has 1 saturated heterocycles. The Hall–Kier alpha value is -2.24. The van der Waals surface area contributed by atoms with Gasteiger partial charge >= 0.3 is 6.03 Å². The van der Waals surface area contributed by atoms with E-state index in [9.17, 15) is 18.8 Å². The molecule has 4 amide bonds. The number of halogens is 1. The van der Waals surface area contributed by atoms with Crippen LogP contribution in [0.3, 0.4) is 0 Å². The van der Waals surface area contributed by atoms with E-state index in [0.717, 1.165) is 24.2 Å². The van der Waals surface area contributed by atoms with Gasteiger partial charge in [-0.15, -0.1) is 0 Å². The maximum absolute atomic E-state index is 13.0. The van der Waals surface area contributed by atoms with E-state index in [0.29, 0.717) is 18.0 Å². The summed E-state index contributed by atoms with van der Waals surface area (Å²) >= 11 is 0. The van der Waals surface area contributed by atoms with Gasteiger partial charge in [0.1, 0.15) is 11.7 Å². The standard InChI is InChI=1S/C15H15FN2O3/c16-11-6-4-10(5-7-11)12-13(19)17-15(21)18(14(12)20)8-9-2-1-3-9/h4-7,9,12H,1-3,8H2,(H,17,19,21). The summed E-state index contributed by atoms with van der Waals surface area (Å²) in [7, 11) is 0. The van der Waals surface area contributed by atoms with Gasteiger partial charge in [-0.25, -0.2) is 9.18 Å². The van der Waals surface area contributed by atoms with E-state index in [1.54, 1.807) is 0 Å². The lowest BCUT2D eigenvalue weighted by Gasteiger charge is -2.35. The summed E-state index contributed by atoms with van der Waals surface area (Å²) in [6.45, 7) is 0.343. The Kier molecular flexibility index (Phi) is 3.45. The Morgan fingerprint density at radius 2 is 1.81 bits per heavy atom. The topological polar surface area (TPSA) is 66.5 Å².